The van der Waals surface area contributed by atoms with Gasteiger partial charge in [-0.2, -0.15) is 0 Å². The molecule has 5 rings (SSSR count). The quantitative estimate of drug-likeness (QED) is 0.338. The molecule has 0 bridgehead atoms. The van der Waals surface area contributed by atoms with Gasteiger partial charge in [-0.25, -0.2) is 8.42 Å². The van der Waals surface area contributed by atoms with E-state index in [1.165, 1.54) is 26.6 Å². The maximum absolute atomic E-state index is 12.7. The van der Waals surface area contributed by atoms with Crippen LogP contribution in [-0.2, 0) is 28.1 Å². The monoisotopic (exact) mass is 481 g/mol. The molecule has 0 aliphatic rings. The number of aryl methyl sites for hydroxylation is 1. The normalized spacial score (nSPS) is 11.3. The predicted octanol–water partition coefficient (Wildman–Crippen LogP) is 4.84. The molecule has 2 aromatic heterocycles. The molecule has 30 heavy (non-hydrogen) atoms. The van der Waals surface area contributed by atoms with Gasteiger partial charge in [-0.3, -0.25) is 4.98 Å². The zero-order valence-corrected chi connectivity index (χ0v) is 20.9. The fourth-order valence-corrected chi connectivity index (χ4v) is 6.59. The molecule has 0 radical (unpaired) electrons. The molecule has 3 aromatic carbocycles. The standard InChI is InChI=1S/C16H13NO2S.C7H4NS.Zn/c1-12-7-9-14(10-8-12)20(18,19)15-6-2-4-13-5-3-11-17-16(13)15;1-2-4-7-6(3-1)8-5-9-7;/h2-11H,1H3;1-4H;. The molecule has 0 atom stereocenters. The van der Waals surface area contributed by atoms with Crippen molar-refractivity contribution in [3.8, 4) is 0 Å². The Balaban J connectivity index is 0.000000181. The Kier molecular flexibility index (Phi) is 6.05. The molecule has 0 N–H and O–H groups in total. The van der Waals surface area contributed by atoms with Crippen LogP contribution in [0.4, 0.5) is 0 Å². The number of para-hydroxylation sites is 2. The number of thiazole rings is 1. The van der Waals surface area contributed by atoms with Crippen LogP contribution < -0.4 is 3.60 Å². The second-order valence-electron chi connectivity index (χ2n) is 6.72. The molecule has 0 amide bonds. The van der Waals surface area contributed by atoms with Gasteiger partial charge in [0.15, 0.2) is 0 Å². The summed E-state index contributed by atoms with van der Waals surface area (Å²) >= 11 is 2.96. The third-order valence-corrected chi connectivity index (χ3v) is 8.49. The second kappa shape index (κ2) is 8.72. The molecular formula is C23H17N2O2S2Zn. The Bertz CT molecular complexity index is 1390. The number of pyridine rings is 1. The van der Waals surface area contributed by atoms with Gasteiger partial charge in [0.2, 0.25) is 9.84 Å². The number of fused-ring (bicyclic) bond motifs is 2. The third-order valence-electron chi connectivity index (χ3n) is 4.55. The molecule has 0 fully saturated rings. The minimum atomic E-state index is -3.54. The molecule has 7 heteroatoms. The Hall–Kier alpha value is -2.47. The first-order chi connectivity index (χ1) is 14.4. The Morgan fingerprint density at radius 3 is 2.37 bits per heavy atom. The van der Waals surface area contributed by atoms with Gasteiger partial charge in [0.05, 0.1) is 15.3 Å². The minimum absolute atomic E-state index is 0.249. The van der Waals surface area contributed by atoms with E-state index in [1.807, 2.05) is 25.1 Å². The summed E-state index contributed by atoms with van der Waals surface area (Å²) < 4.78 is 28.0. The Labute approximate surface area is 189 Å². The van der Waals surface area contributed by atoms with Gasteiger partial charge >= 0.3 is 72.7 Å². The van der Waals surface area contributed by atoms with Crippen LogP contribution in [0.3, 0.4) is 0 Å². The zero-order valence-electron chi connectivity index (χ0n) is 16.3. The summed E-state index contributed by atoms with van der Waals surface area (Å²) in [6.07, 6.45) is 1.61. The van der Waals surface area contributed by atoms with E-state index < -0.39 is 9.84 Å². The van der Waals surface area contributed by atoms with E-state index in [0.29, 0.717) is 10.4 Å². The van der Waals surface area contributed by atoms with Crippen molar-refractivity contribution >= 4 is 45.9 Å². The van der Waals surface area contributed by atoms with Crippen LogP contribution in [0, 0.1) is 6.92 Å². The van der Waals surface area contributed by atoms with E-state index in [9.17, 15) is 8.42 Å². The van der Waals surface area contributed by atoms with Gasteiger partial charge in [-0.1, -0.05) is 35.9 Å². The fourth-order valence-electron chi connectivity index (χ4n) is 3.06. The van der Waals surface area contributed by atoms with Crippen molar-refractivity contribution in [2.24, 2.45) is 0 Å². The van der Waals surface area contributed by atoms with Gasteiger partial charge in [0.25, 0.3) is 0 Å². The summed E-state index contributed by atoms with van der Waals surface area (Å²) in [5.41, 5.74) is 2.68. The Morgan fingerprint density at radius 1 is 0.867 bits per heavy atom. The van der Waals surface area contributed by atoms with Crippen molar-refractivity contribution in [1.29, 1.82) is 0 Å². The van der Waals surface area contributed by atoms with Crippen LogP contribution >= 0.6 is 11.3 Å². The summed E-state index contributed by atoms with van der Waals surface area (Å²) in [6, 6.07) is 24.0. The van der Waals surface area contributed by atoms with Gasteiger partial charge in [-0.05, 0) is 31.2 Å². The number of aromatic nitrogens is 2. The van der Waals surface area contributed by atoms with E-state index >= 15 is 0 Å². The number of hydrogen-bond donors (Lipinski definition) is 0. The van der Waals surface area contributed by atoms with Crippen LogP contribution in [-0.4, -0.2) is 18.4 Å². The van der Waals surface area contributed by atoms with Gasteiger partial charge < -0.3 is 0 Å². The van der Waals surface area contributed by atoms with Crippen molar-refractivity contribution in [3.05, 3.63) is 90.6 Å². The van der Waals surface area contributed by atoms with Gasteiger partial charge in [-0.15, -0.1) is 0 Å². The maximum atomic E-state index is 12.7. The van der Waals surface area contributed by atoms with Crippen LogP contribution in [0.1, 0.15) is 5.56 Å². The average Bonchev–Trinajstić information content (AvgIpc) is 3.14. The van der Waals surface area contributed by atoms with Gasteiger partial charge in [0, 0.05) is 11.6 Å². The molecule has 0 aliphatic heterocycles. The first-order valence-electron chi connectivity index (χ1n) is 9.28. The fraction of sp³-hybridized carbons (Fsp3) is 0.0435. The molecule has 2 heterocycles. The van der Waals surface area contributed by atoms with Crippen molar-refractivity contribution in [1.82, 2.24) is 9.97 Å². The zero-order chi connectivity index (χ0) is 21.1. The van der Waals surface area contributed by atoms with Crippen LogP contribution in [0.2, 0.25) is 0 Å². The molecular weight excluding hydrogens is 466 g/mol. The first kappa shape index (κ1) is 20.8. The first-order valence-corrected chi connectivity index (χ1v) is 13.1. The molecule has 0 unspecified atom stereocenters. The average molecular weight is 483 g/mol. The molecule has 0 saturated heterocycles. The van der Waals surface area contributed by atoms with E-state index in [-0.39, 0.29) is 4.90 Å². The summed E-state index contributed by atoms with van der Waals surface area (Å²) in [6.45, 7) is 1.93. The summed E-state index contributed by atoms with van der Waals surface area (Å²) in [4.78, 5) is 9.14. The van der Waals surface area contributed by atoms with Crippen molar-refractivity contribution < 1.29 is 26.7 Å². The van der Waals surface area contributed by atoms with E-state index in [4.69, 9.17) is 0 Å². The summed E-state index contributed by atoms with van der Waals surface area (Å²) in [5.74, 6) is 0. The number of rotatable bonds is 2. The van der Waals surface area contributed by atoms with E-state index in [0.717, 1.165) is 16.5 Å². The van der Waals surface area contributed by atoms with Crippen molar-refractivity contribution in [2.45, 2.75) is 16.7 Å². The third kappa shape index (κ3) is 4.34. The van der Waals surface area contributed by atoms with Crippen molar-refractivity contribution in [2.75, 3.05) is 0 Å². The number of nitrogens with zero attached hydrogens (tertiary/aromatic N) is 2. The van der Waals surface area contributed by atoms with E-state index in [1.54, 1.807) is 60.0 Å². The van der Waals surface area contributed by atoms with Crippen LogP contribution in [0.15, 0.2) is 94.9 Å². The SMILES string of the molecule is Cc1ccc(S(=O)(=O)c2cccc3cccnc23)cc1.[Zn][c]1nc2ccccc2s1. The van der Waals surface area contributed by atoms with Crippen LogP contribution in [0.25, 0.3) is 21.1 Å². The van der Waals surface area contributed by atoms with Gasteiger partial charge in [0.1, 0.15) is 0 Å². The van der Waals surface area contributed by atoms with E-state index in [2.05, 4.69) is 28.2 Å². The molecule has 4 nitrogen and oxygen atoms in total. The molecule has 0 aliphatic carbocycles. The molecule has 0 saturated carbocycles. The summed E-state index contributed by atoms with van der Waals surface area (Å²) in [7, 11) is -3.54. The number of hydrogen-bond acceptors (Lipinski definition) is 5. The predicted molar refractivity (Wildman–Crippen MR) is 118 cm³/mol. The number of sulfone groups is 1. The summed E-state index contributed by atoms with van der Waals surface area (Å²) in [5, 5.41) is 0.820. The molecule has 145 valence electrons. The van der Waals surface area contributed by atoms with Crippen molar-refractivity contribution in [3.63, 3.8) is 0 Å². The second-order valence-corrected chi connectivity index (χ2v) is 12.2. The topological polar surface area (TPSA) is 59.9 Å². The Morgan fingerprint density at radius 2 is 1.60 bits per heavy atom. The number of benzene rings is 3. The molecule has 0 spiro atoms. The molecule has 5 aromatic rings. The van der Waals surface area contributed by atoms with Crippen LogP contribution in [0.5, 0.6) is 0 Å².